The summed E-state index contributed by atoms with van der Waals surface area (Å²) in [5, 5.41) is 4.39. The largest absolute Gasteiger partial charge is 0.482 e. The number of fused-ring (bicyclic) bond motifs is 2. The van der Waals surface area contributed by atoms with Gasteiger partial charge in [-0.15, -0.1) is 0 Å². The molecule has 9 heteroatoms. The summed E-state index contributed by atoms with van der Waals surface area (Å²) >= 11 is 1.22. The first-order valence-electron chi connectivity index (χ1n) is 14.0. The van der Waals surface area contributed by atoms with Gasteiger partial charge >= 0.3 is 12.0 Å². The van der Waals surface area contributed by atoms with Crippen LogP contribution in [0, 0.1) is 17.3 Å². The van der Waals surface area contributed by atoms with E-state index in [1.807, 2.05) is 42.6 Å². The Morgan fingerprint density at radius 2 is 1.97 bits per heavy atom. The zero-order chi connectivity index (χ0) is 26.9. The standard InChI is InChI=1S/C30H34BN3O4S/c1-29(2)19-15-24(29)30(3)25(16-19)37-31(38-30)26(14-18-17-32-21-9-5-4-8-20(18)21)33-27(35)12-13-34-22-10-6-7-11-23(22)39-28(34)36/h4-11,17,19,24-26,32H,12-16H2,1-3H3,(H,33,35)/t19?,24?,25?,26-,30?/m0/s1. The minimum atomic E-state index is -0.530. The number of benzene rings is 2. The molecule has 2 bridgehead atoms. The number of hydrogen-bond donors (Lipinski definition) is 2. The second-order valence-electron chi connectivity index (χ2n) is 12.3. The highest BCUT2D eigenvalue weighted by Crippen LogP contribution is 2.65. The number of H-pyrrole nitrogens is 1. The lowest BCUT2D eigenvalue weighted by molar-refractivity contribution is -0.199. The van der Waals surface area contributed by atoms with Gasteiger partial charge in [0.05, 0.1) is 27.9 Å². The third kappa shape index (κ3) is 4.00. The predicted molar refractivity (Wildman–Crippen MR) is 155 cm³/mol. The van der Waals surface area contributed by atoms with E-state index in [0.717, 1.165) is 33.1 Å². The van der Waals surface area contributed by atoms with Gasteiger partial charge in [0.25, 0.3) is 0 Å². The summed E-state index contributed by atoms with van der Waals surface area (Å²) in [6.07, 6.45) is 5.03. The van der Waals surface area contributed by atoms with Crippen LogP contribution in [0.25, 0.3) is 21.1 Å². The van der Waals surface area contributed by atoms with Crippen molar-refractivity contribution in [1.29, 1.82) is 0 Å². The van der Waals surface area contributed by atoms with Crippen LogP contribution in [0.15, 0.2) is 59.5 Å². The molecule has 1 saturated heterocycles. The van der Waals surface area contributed by atoms with Gasteiger partial charge in [-0.3, -0.25) is 14.2 Å². The monoisotopic (exact) mass is 543 g/mol. The summed E-state index contributed by atoms with van der Waals surface area (Å²) in [5.41, 5.74) is 2.95. The zero-order valence-corrected chi connectivity index (χ0v) is 23.4. The number of aromatic amines is 1. The maximum absolute atomic E-state index is 13.4. The quantitative estimate of drug-likeness (QED) is 0.324. The highest BCUT2D eigenvalue weighted by atomic mass is 32.1. The number of aromatic nitrogens is 2. The Labute approximate surface area is 232 Å². The van der Waals surface area contributed by atoms with Crippen LogP contribution in [-0.4, -0.2) is 40.2 Å². The van der Waals surface area contributed by atoms with Crippen molar-refractivity contribution in [1.82, 2.24) is 14.9 Å². The minimum Gasteiger partial charge on any atom is -0.404 e. The molecule has 202 valence electrons. The first-order chi connectivity index (χ1) is 18.7. The molecule has 7 nitrogen and oxygen atoms in total. The topological polar surface area (TPSA) is 85.4 Å². The van der Waals surface area contributed by atoms with Crippen molar-refractivity contribution >= 4 is 45.5 Å². The SMILES string of the molecule is CC1(C)C2CC3OB([C@H](Cc4c[nH]c5ccccc45)NC(=O)CCn4c(=O)sc5ccccc54)OC3(C)C1C2. The van der Waals surface area contributed by atoms with E-state index in [2.05, 4.69) is 43.2 Å². The Hall–Kier alpha value is -2.88. The normalized spacial score (nSPS) is 27.9. The Morgan fingerprint density at radius 3 is 2.82 bits per heavy atom. The van der Waals surface area contributed by atoms with Crippen LogP contribution < -0.4 is 10.2 Å². The third-order valence-electron chi connectivity index (χ3n) is 9.89. The fourth-order valence-corrected chi connectivity index (χ4v) is 8.46. The lowest BCUT2D eigenvalue weighted by Crippen LogP contribution is -2.65. The van der Waals surface area contributed by atoms with Crippen LogP contribution in [0.1, 0.15) is 45.6 Å². The van der Waals surface area contributed by atoms with Gasteiger partial charge in [0.2, 0.25) is 5.91 Å². The van der Waals surface area contributed by atoms with Gasteiger partial charge in [-0.1, -0.05) is 55.5 Å². The van der Waals surface area contributed by atoms with E-state index >= 15 is 0 Å². The van der Waals surface area contributed by atoms with Gasteiger partial charge < -0.3 is 19.6 Å². The maximum atomic E-state index is 13.4. The molecule has 2 aromatic carbocycles. The van der Waals surface area contributed by atoms with Crippen LogP contribution in [0.3, 0.4) is 0 Å². The Balaban J connectivity index is 1.13. The van der Waals surface area contributed by atoms with Crippen molar-refractivity contribution in [2.45, 2.75) is 70.6 Å². The summed E-state index contributed by atoms with van der Waals surface area (Å²) in [6, 6.07) is 15.9. The van der Waals surface area contributed by atoms with E-state index in [9.17, 15) is 9.59 Å². The molecular weight excluding hydrogens is 509 g/mol. The fraction of sp³-hybridized carbons (Fsp3) is 0.467. The molecule has 8 rings (SSSR count). The number of carbonyl (C=O) groups is 1. The van der Waals surface area contributed by atoms with Crippen molar-refractivity contribution in [2.75, 3.05) is 0 Å². The Kier molecular flexibility index (Phi) is 5.85. The number of amides is 1. The summed E-state index contributed by atoms with van der Waals surface area (Å²) < 4.78 is 16.0. The number of hydrogen-bond acceptors (Lipinski definition) is 5. The molecule has 0 radical (unpaired) electrons. The molecular formula is C30H34BN3O4S. The molecule has 1 amide bonds. The van der Waals surface area contributed by atoms with Gasteiger partial charge in [-0.05, 0) is 67.2 Å². The van der Waals surface area contributed by atoms with E-state index in [-0.39, 0.29) is 40.3 Å². The highest BCUT2D eigenvalue weighted by molar-refractivity contribution is 7.16. The number of thiazole rings is 1. The van der Waals surface area contributed by atoms with Crippen molar-refractivity contribution < 1.29 is 14.1 Å². The first kappa shape index (κ1) is 25.1. The number of nitrogens with zero attached hydrogens (tertiary/aromatic N) is 1. The van der Waals surface area contributed by atoms with Crippen molar-refractivity contribution in [3.63, 3.8) is 0 Å². The number of carbonyl (C=O) groups excluding carboxylic acids is 1. The zero-order valence-electron chi connectivity index (χ0n) is 22.6. The summed E-state index contributed by atoms with van der Waals surface area (Å²) in [6.45, 7) is 7.24. The van der Waals surface area contributed by atoms with Crippen molar-refractivity contribution in [3.8, 4) is 0 Å². The second kappa shape index (κ2) is 9.08. The first-order valence-corrected chi connectivity index (χ1v) is 14.8. The molecule has 39 heavy (non-hydrogen) atoms. The molecule has 4 fully saturated rings. The van der Waals surface area contributed by atoms with E-state index in [4.69, 9.17) is 9.31 Å². The lowest BCUT2D eigenvalue weighted by atomic mass is 9.43. The smallest absolute Gasteiger partial charge is 0.404 e. The summed E-state index contributed by atoms with van der Waals surface area (Å²) in [7, 11) is -0.530. The summed E-state index contributed by atoms with van der Waals surface area (Å²) in [4.78, 5) is 29.3. The molecule has 0 spiro atoms. The molecule has 4 aliphatic rings. The van der Waals surface area contributed by atoms with Gasteiger partial charge in [-0.2, -0.15) is 0 Å². The van der Waals surface area contributed by atoms with Gasteiger partial charge in [0.15, 0.2) is 0 Å². The Morgan fingerprint density at radius 1 is 1.18 bits per heavy atom. The summed E-state index contributed by atoms with van der Waals surface area (Å²) in [5.74, 6) is 0.638. The van der Waals surface area contributed by atoms with E-state index < -0.39 is 7.12 Å². The Bertz CT molecular complexity index is 1620. The number of rotatable bonds is 7. The van der Waals surface area contributed by atoms with Crippen LogP contribution in [0.4, 0.5) is 0 Å². The van der Waals surface area contributed by atoms with Crippen LogP contribution in [-0.2, 0) is 27.1 Å². The average Bonchev–Trinajstić information content (AvgIpc) is 3.59. The number of nitrogens with one attached hydrogen (secondary N) is 2. The van der Waals surface area contributed by atoms with E-state index in [1.54, 1.807) is 4.57 Å². The molecule has 5 atom stereocenters. The molecule has 2 N–H and O–H groups in total. The molecule has 3 saturated carbocycles. The molecule has 3 heterocycles. The average molecular weight is 543 g/mol. The molecule has 3 aliphatic carbocycles. The number of para-hydroxylation sites is 2. The lowest BCUT2D eigenvalue weighted by Gasteiger charge is -2.64. The fourth-order valence-electron chi connectivity index (χ4n) is 7.54. The highest BCUT2D eigenvalue weighted by Gasteiger charge is 2.68. The van der Waals surface area contributed by atoms with Crippen LogP contribution in [0.5, 0.6) is 0 Å². The predicted octanol–water partition coefficient (Wildman–Crippen LogP) is 4.93. The molecule has 1 aliphatic heterocycles. The molecule has 4 unspecified atom stereocenters. The number of aryl methyl sites for hydroxylation is 1. The van der Waals surface area contributed by atoms with Crippen molar-refractivity contribution in [3.05, 3.63) is 70.0 Å². The molecule has 4 aromatic rings. The second-order valence-corrected chi connectivity index (χ2v) is 13.3. The van der Waals surface area contributed by atoms with Crippen LogP contribution >= 0.6 is 11.3 Å². The third-order valence-corrected chi connectivity index (χ3v) is 10.9. The van der Waals surface area contributed by atoms with Crippen LogP contribution in [0.2, 0.25) is 0 Å². The van der Waals surface area contributed by atoms with Gasteiger partial charge in [0.1, 0.15) is 0 Å². The molecule has 2 aromatic heterocycles. The van der Waals surface area contributed by atoms with E-state index in [1.165, 1.54) is 17.8 Å². The van der Waals surface area contributed by atoms with Gasteiger partial charge in [-0.25, -0.2) is 0 Å². The van der Waals surface area contributed by atoms with E-state index in [0.29, 0.717) is 24.8 Å². The minimum absolute atomic E-state index is 0.0393. The van der Waals surface area contributed by atoms with Crippen molar-refractivity contribution in [2.24, 2.45) is 17.3 Å². The maximum Gasteiger partial charge on any atom is 0.482 e. The van der Waals surface area contributed by atoms with Gasteiger partial charge in [0, 0.05) is 30.1 Å².